The minimum atomic E-state index is -0.413. The molecule has 1 saturated heterocycles. The van der Waals surface area contributed by atoms with E-state index in [4.69, 9.17) is 9.47 Å². The maximum absolute atomic E-state index is 12.9. The summed E-state index contributed by atoms with van der Waals surface area (Å²) in [6, 6.07) is 8.09. The van der Waals surface area contributed by atoms with Gasteiger partial charge in [-0.1, -0.05) is 12.1 Å². The zero-order valence-corrected chi connectivity index (χ0v) is 17.6. The number of ether oxygens (including phenoxy) is 2. The van der Waals surface area contributed by atoms with Crippen molar-refractivity contribution in [3.05, 3.63) is 46.8 Å². The number of Topliss-reactive ketones (excluding diaryl/α,β-unsaturated/α-hetero) is 1. The van der Waals surface area contributed by atoms with Gasteiger partial charge >= 0.3 is 5.97 Å². The zero-order valence-electron chi connectivity index (χ0n) is 17.6. The van der Waals surface area contributed by atoms with Crippen LogP contribution in [-0.2, 0) is 4.74 Å². The Hall–Kier alpha value is -2.80. The molecule has 156 valence electrons. The number of carbonyl (C=O) groups is 2. The Morgan fingerprint density at radius 1 is 1.17 bits per heavy atom. The van der Waals surface area contributed by atoms with Crippen LogP contribution in [0, 0.1) is 13.8 Å². The lowest BCUT2D eigenvalue weighted by Crippen LogP contribution is -3.15. The van der Waals surface area contributed by atoms with E-state index in [2.05, 4.69) is 16.0 Å². The van der Waals surface area contributed by atoms with E-state index >= 15 is 0 Å². The number of nitrogens with one attached hydrogen (secondary N) is 2. The lowest BCUT2D eigenvalue weighted by Gasteiger charge is -2.34. The molecular formula is C22H30N3O4+. The van der Waals surface area contributed by atoms with Crippen molar-refractivity contribution in [1.82, 2.24) is 4.98 Å². The predicted octanol–water partition coefficient (Wildman–Crippen LogP) is 1.40. The zero-order chi connectivity index (χ0) is 21.0. The molecule has 0 atom stereocenters. The van der Waals surface area contributed by atoms with Crippen LogP contribution in [0.3, 0.4) is 0 Å². The van der Waals surface area contributed by atoms with Gasteiger partial charge in [0.05, 0.1) is 56.8 Å². The van der Waals surface area contributed by atoms with E-state index in [-0.39, 0.29) is 5.78 Å². The summed E-state index contributed by atoms with van der Waals surface area (Å²) >= 11 is 0. The van der Waals surface area contributed by atoms with E-state index in [9.17, 15) is 9.59 Å². The van der Waals surface area contributed by atoms with Crippen molar-refractivity contribution < 1.29 is 24.0 Å². The smallest absolute Gasteiger partial charge is 0.339 e. The van der Waals surface area contributed by atoms with Gasteiger partial charge < -0.3 is 24.3 Å². The molecule has 1 aliphatic rings. The summed E-state index contributed by atoms with van der Waals surface area (Å²) in [4.78, 5) is 31.5. The van der Waals surface area contributed by atoms with Gasteiger partial charge in [0.25, 0.3) is 0 Å². The summed E-state index contributed by atoms with van der Waals surface area (Å²) in [5.41, 5.74) is 3.43. The number of esters is 1. The molecule has 0 radical (unpaired) electrons. The van der Waals surface area contributed by atoms with Gasteiger partial charge in [-0.2, -0.15) is 0 Å². The van der Waals surface area contributed by atoms with Crippen LogP contribution in [0.25, 0.3) is 0 Å². The molecule has 2 heterocycles. The van der Waals surface area contributed by atoms with Crippen molar-refractivity contribution in [2.75, 3.05) is 51.3 Å². The monoisotopic (exact) mass is 400 g/mol. The summed E-state index contributed by atoms with van der Waals surface area (Å²) in [7, 11) is 1.35. The number of quaternary nitrogens is 1. The number of aromatic nitrogens is 1. The van der Waals surface area contributed by atoms with E-state index in [0.717, 1.165) is 37.6 Å². The molecule has 0 bridgehead atoms. The van der Waals surface area contributed by atoms with Crippen molar-refractivity contribution in [3.63, 3.8) is 0 Å². The first-order chi connectivity index (χ1) is 14.0. The molecule has 7 heteroatoms. The average Bonchev–Trinajstić information content (AvgIpc) is 3.03. The largest absolute Gasteiger partial charge is 0.492 e. The summed E-state index contributed by atoms with van der Waals surface area (Å²) in [6.07, 6.45) is 0. The van der Waals surface area contributed by atoms with E-state index in [1.54, 1.807) is 13.8 Å². The molecular weight excluding hydrogens is 370 g/mol. The fourth-order valence-electron chi connectivity index (χ4n) is 3.99. The molecule has 0 unspecified atom stereocenters. The highest BCUT2D eigenvalue weighted by Gasteiger charge is 2.27. The van der Waals surface area contributed by atoms with Crippen LogP contribution in [0.15, 0.2) is 24.3 Å². The Balaban J connectivity index is 1.63. The average molecular weight is 400 g/mol. The summed E-state index contributed by atoms with van der Waals surface area (Å²) in [5.74, 6) is 0.519. The molecule has 1 fully saturated rings. The van der Waals surface area contributed by atoms with Gasteiger partial charge in [-0.05, 0) is 38.5 Å². The number of hydrogen-bond donors (Lipinski definition) is 2. The normalized spacial score (nSPS) is 14.7. The Labute approximate surface area is 171 Å². The molecule has 2 aromatic rings. The van der Waals surface area contributed by atoms with E-state index in [0.29, 0.717) is 35.7 Å². The van der Waals surface area contributed by atoms with Gasteiger partial charge in [0, 0.05) is 5.69 Å². The molecule has 0 amide bonds. The third kappa shape index (κ3) is 4.45. The minimum absolute atomic E-state index is 0.0268. The van der Waals surface area contributed by atoms with Gasteiger partial charge in [0.2, 0.25) is 5.78 Å². The van der Waals surface area contributed by atoms with Crippen LogP contribution in [0.5, 0.6) is 5.75 Å². The molecule has 1 aromatic heterocycles. The van der Waals surface area contributed by atoms with Crippen molar-refractivity contribution in [2.24, 2.45) is 0 Å². The predicted molar refractivity (Wildman–Crippen MR) is 111 cm³/mol. The number of nitrogens with zero attached hydrogens (tertiary/aromatic N) is 1. The third-order valence-electron chi connectivity index (χ3n) is 5.49. The highest BCUT2D eigenvalue weighted by Crippen LogP contribution is 2.27. The quantitative estimate of drug-likeness (QED) is 0.543. The van der Waals surface area contributed by atoms with E-state index in [1.165, 1.54) is 12.0 Å². The molecule has 0 spiro atoms. The van der Waals surface area contributed by atoms with Crippen LogP contribution in [0.2, 0.25) is 0 Å². The number of ketones is 1. The highest BCUT2D eigenvalue weighted by atomic mass is 16.5. The van der Waals surface area contributed by atoms with Gasteiger partial charge in [-0.15, -0.1) is 0 Å². The number of aromatic amines is 1. The third-order valence-corrected chi connectivity index (χ3v) is 5.49. The van der Waals surface area contributed by atoms with Crippen molar-refractivity contribution in [2.45, 2.75) is 20.8 Å². The summed E-state index contributed by atoms with van der Waals surface area (Å²) in [5, 5.41) is 0. The molecule has 0 saturated carbocycles. The second kappa shape index (κ2) is 9.13. The van der Waals surface area contributed by atoms with Crippen molar-refractivity contribution >= 4 is 17.4 Å². The number of H-pyrrole nitrogens is 1. The van der Waals surface area contributed by atoms with E-state index in [1.807, 2.05) is 25.1 Å². The Morgan fingerprint density at radius 2 is 1.86 bits per heavy atom. The molecule has 1 aliphatic heterocycles. The second-order valence-corrected chi connectivity index (χ2v) is 7.35. The van der Waals surface area contributed by atoms with Crippen LogP contribution in [0.4, 0.5) is 5.69 Å². The molecule has 2 N–H and O–H groups in total. The lowest BCUT2D eigenvalue weighted by atomic mass is 10.1. The number of methoxy groups -OCH3 is 1. The van der Waals surface area contributed by atoms with Crippen LogP contribution in [0.1, 0.15) is 39.0 Å². The first-order valence-electron chi connectivity index (χ1n) is 10.1. The fourth-order valence-corrected chi connectivity index (χ4v) is 3.99. The molecule has 1 aromatic carbocycles. The first-order valence-corrected chi connectivity index (χ1v) is 10.1. The Kier molecular flexibility index (Phi) is 6.59. The number of carbonyl (C=O) groups excluding carboxylic acids is 2. The summed E-state index contributed by atoms with van der Waals surface area (Å²) in [6.45, 7) is 10.1. The summed E-state index contributed by atoms with van der Waals surface area (Å²) < 4.78 is 10.6. The highest BCUT2D eigenvalue weighted by molar-refractivity contribution is 6.01. The molecule has 29 heavy (non-hydrogen) atoms. The van der Waals surface area contributed by atoms with Gasteiger partial charge in [0.15, 0.2) is 0 Å². The van der Waals surface area contributed by atoms with Crippen molar-refractivity contribution in [1.29, 1.82) is 0 Å². The first kappa shape index (κ1) is 20.9. The molecule has 3 rings (SSSR count). The Bertz CT molecular complexity index is 882. The van der Waals surface area contributed by atoms with Crippen molar-refractivity contribution in [3.8, 4) is 5.75 Å². The fraction of sp³-hybridized carbons (Fsp3) is 0.455. The minimum Gasteiger partial charge on any atom is -0.492 e. The molecule has 7 nitrogen and oxygen atoms in total. The number of anilines is 1. The van der Waals surface area contributed by atoms with Gasteiger partial charge in [-0.25, -0.2) is 4.79 Å². The number of benzene rings is 1. The van der Waals surface area contributed by atoms with E-state index < -0.39 is 5.97 Å². The maximum atomic E-state index is 12.9. The van der Waals surface area contributed by atoms with Gasteiger partial charge in [0.1, 0.15) is 12.3 Å². The van der Waals surface area contributed by atoms with Crippen LogP contribution >= 0.6 is 0 Å². The number of rotatable bonds is 7. The van der Waals surface area contributed by atoms with Gasteiger partial charge in [-0.3, -0.25) is 4.79 Å². The number of aryl methyl sites for hydroxylation is 1. The number of piperazine rings is 1. The SMILES string of the molecule is CCOc1ccccc1N1CC[NH+](CC(=O)c2[nH]c(C)c(C(=O)OC)c2C)CC1. The second-order valence-electron chi connectivity index (χ2n) is 7.35. The Morgan fingerprint density at radius 3 is 2.52 bits per heavy atom. The van der Waals surface area contributed by atoms with Crippen LogP contribution < -0.4 is 14.5 Å². The van der Waals surface area contributed by atoms with Crippen LogP contribution in [-0.4, -0.2) is 63.2 Å². The topological polar surface area (TPSA) is 76.1 Å². The number of hydrogen-bond acceptors (Lipinski definition) is 5. The maximum Gasteiger partial charge on any atom is 0.339 e. The standard InChI is InChI=1S/C22H29N3O4/c1-5-29-19-9-7-6-8-17(19)25-12-10-24(11-13-25)14-18(26)21-15(2)20(16(3)23-21)22(27)28-4/h6-9,23H,5,10-14H2,1-4H3/p+1. The lowest BCUT2D eigenvalue weighted by molar-refractivity contribution is -0.892. The number of para-hydroxylation sites is 2. The molecule has 0 aliphatic carbocycles.